The summed E-state index contributed by atoms with van der Waals surface area (Å²) in [6.07, 6.45) is 0.151. The van der Waals surface area contributed by atoms with Crippen LogP contribution in [-0.4, -0.2) is 66.9 Å². The quantitative estimate of drug-likeness (QED) is 0.788. The van der Waals surface area contributed by atoms with Crippen molar-refractivity contribution >= 4 is 11.7 Å². The fourth-order valence-electron chi connectivity index (χ4n) is 2.01. The highest BCUT2D eigenvalue weighted by atomic mass is 16.5. The number of nitrogens with zero attached hydrogens (tertiary/aromatic N) is 3. The van der Waals surface area contributed by atoms with Crippen LogP contribution in [0.4, 0.5) is 5.82 Å². The zero-order valence-corrected chi connectivity index (χ0v) is 11.9. The first-order chi connectivity index (χ1) is 9.69. The van der Waals surface area contributed by atoms with E-state index in [1.54, 1.807) is 12.1 Å². The summed E-state index contributed by atoms with van der Waals surface area (Å²) in [5, 5.41) is 13.8. The van der Waals surface area contributed by atoms with E-state index in [-0.39, 0.29) is 12.0 Å². The molecule has 1 atom stereocenters. The van der Waals surface area contributed by atoms with Crippen molar-refractivity contribution in [3.8, 4) is 0 Å². The van der Waals surface area contributed by atoms with E-state index < -0.39 is 0 Å². The van der Waals surface area contributed by atoms with Crippen LogP contribution in [0.25, 0.3) is 0 Å². The lowest BCUT2D eigenvalue weighted by molar-refractivity contribution is -0.0117. The van der Waals surface area contributed by atoms with E-state index in [9.17, 15) is 4.79 Å². The average molecular weight is 279 g/mol. The SMILES string of the molecule is CCNC(=O)c1ccc(NCC2CN(C)CCO2)nn1. The Balaban J connectivity index is 1.83. The van der Waals surface area contributed by atoms with Crippen molar-refractivity contribution in [2.24, 2.45) is 0 Å². The highest BCUT2D eigenvalue weighted by Gasteiger charge is 2.17. The Morgan fingerprint density at radius 2 is 2.35 bits per heavy atom. The molecule has 0 radical (unpaired) electrons. The van der Waals surface area contributed by atoms with Crippen LogP contribution in [0.3, 0.4) is 0 Å². The lowest BCUT2D eigenvalue weighted by Gasteiger charge is -2.30. The molecule has 0 aliphatic carbocycles. The summed E-state index contributed by atoms with van der Waals surface area (Å²) in [5.74, 6) is 0.443. The predicted molar refractivity (Wildman–Crippen MR) is 75.8 cm³/mol. The molecule has 0 saturated carbocycles. The molecule has 2 N–H and O–H groups in total. The summed E-state index contributed by atoms with van der Waals surface area (Å²) in [5.41, 5.74) is 0.325. The number of carbonyl (C=O) groups is 1. The molecule has 2 rings (SSSR count). The van der Waals surface area contributed by atoms with Gasteiger partial charge in [0, 0.05) is 26.2 Å². The minimum Gasteiger partial charge on any atom is -0.374 e. The second-order valence-electron chi connectivity index (χ2n) is 4.80. The third kappa shape index (κ3) is 4.14. The Hall–Kier alpha value is -1.73. The van der Waals surface area contributed by atoms with Gasteiger partial charge in [0.15, 0.2) is 5.69 Å². The van der Waals surface area contributed by atoms with Gasteiger partial charge in [0.25, 0.3) is 5.91 Å². The van der Waals surface area contributed by atoms with Crippen LogP contribution in [0.1, 0.15) is 17.4 Å². The van der Waals surface area contributed by atoms with Crippen molar-refractivity contribution < 1.29 is 9.53 Å². The largest absolute Gasteiger partial charge is 0.374 e. The van der Waals surface area contributed by atoms with Gasteiger partial charge in [-0.25, -0.2) is 0 Å². The summed E-state index contributed by atoms with van der Waals surface area (Å²) >= 11 is 0. The number of aromatic nitrogens is 2. The molecule has 1 fully saturated rings. The smallest absolute Gasteiger partial charge is 0.271 e. The van der Waals surface area contributed by atoms with Crippen LogP contribution in [0, 0.1) is 0 Å². The summed E-state index contributed by atoms with van der Waals surface area (Å²) in [6, 6.07) is 3.41. The molecule has 1 aliphatic rings. The third-order valence-corrected chi connectivity index (χ3v) is 3.09. The van der Waals surface area contributed by atoms with Gasteiger partial charge in [0.05, 0.1) is 12.7 Å². The maximum Gasteiger partial charge on any atom is 0.271 e. The molecule has 20 heavy (non-hydrogen) atoms. The normalized spacial score (nSPS) is 19.6. The summed E-state index contributed by atoms with van der Waals surface area (Å²) < 4.78 is 5.65. The molecule has 2 heterocycles. The number of carbonyl (C=O) groups excluding carboxylic acids is 1. The van der Waals surface area contributed by atoms with E-state index in [0.29, 0.717) is 24.6 Å². The van der Waals surface area contributed by atoms with Crippen molar-refractivity contribution in [2.45, 2.75) is 13.0 Å². The molecule has 1 aliphatic heterocycles. The Bertz CT molecular complexity index is 437. The maximum atomic E-state index is 11.5. The van der Waals surface area contributed by atoms with Gasteiger partial charge in [-0.1, -0.05) is 0 Å². The first-order valence-electron chi connectivity index (χ1n) is 6.85. The second kappa shape index (κ2) is 7.16. The van der Waals surface area contributed by atoms with Crippen LogP contribution >= 0.6 is 0 Å². The number of morpholine rings is 1. The number of anilines is 1. The number of amides is 1. The van der Waals surface area contributed by atoms with E-state index in [1.807, 2.05) is 6.92 Å². The Labute approximate surface area is 118 Å². The fourth-order valence-corrected chi connectivity index (χ4v) is 2.01. The molecule has 0 spiro atoms. The van der Waals surface area contributed by atoms with E-state index in [2.05, 4.69) is 32.8 Å². The van der Waals surface area contributed by atoms with Gasteiger partial charge in [-0.2, -0.15) is 0 Å². The van der Waals surface area contributed by atoms with Gasteiger partial charge in [0.1, 0.15) is 5.82 Å². The number of likely N-dealkylation sites (N-methyl/N-ethyl adjacent to an activating group) is 1. The zero-order valence-electron chi connectivity index (χ0n) is 11.9. The molecule has 0 aromatic carbocycles. The lowest BCUT2D eigenvalue weighted by Crippen LogP contribution is -2.43. The van der Waals surface area contributed by atoms with Crippen LogP contribution in [0.5, 0.6) is 0 Å². The number of hydrogen-bond acceptors (Lipinski definition) is 6. The van der Waals surface area contributed by atoms with Gasteiger partial charge >= 0.3 is 0 Å². The molecule has 110 valence electrons. The van der Waals surface area contributed by atoms with Gasteiger partial charge in [-0.3, -0.25) is 4.79 Å². The van der Waals surface area contributed by atoms with Gasteiger partial charge in [-0.15, -0.1) is 10.2 Å². The minimum atomic E-state index is -0.205. The molecule has 0 bridgehead atoms. The highest BCUT2D eigenvalue weighted by molar-refractivity contribution is 5.92. The molecule has 1 aromatic rings. The van der Waals surface area contributed by atoms with Crippen molar-refractivity contribution in [2.75, 3.05) is 45.2 Å². The molecular weight excluding hydrogens is 258 g/mol. The standard InChI is InChI=1S/C13H21N5O2/c1-3-14-13(19)11-4-5-12(17-16-11)15-8-10-9-18(2)6-7-20-10/h4-5,10H,3,6-9H2,1-2H3,(H,14,19)(H,15,17). The number of ether oxygens (including phenoxy) is 1. The molecule has 7 heteroatoms. The Morgan fingerprint density at radius 1 is 1.50 bits per heavy atom. The predicted octanol–water partition coefficient (Wildman–Crippen LogP) is -0.0312. The fraction of sp³-hybridized carbons (Fsp3) is 0.615. The topological polar surface area (TPSA) is 79.4 Å². The minimum absolute atomic E-state index is 0.151. The Morgan fingerprint density at radius 3 is 3.00 bits per heavy atom. The van der Waals surface area contributed by atoms with Gasteiger partial charge in [-0.05, 0) is 26.1 Å². The first kappa shape index (κ1) is 14.7. The summed E-state index contributed by atoms with van der Waals surface area (Å²) in [7, 11) is 2.08. The van der Waals surface area contributed by atoms with Crippen molar-refractivity contribution in [3.63, 3.8) is 0 Å². The summed E-state index contributed by atoms with van der Waals surface area (Å²) in [6.45, 7) is 5.74. The summed E-state index contributed by atoms with van der Waals surface area (Å²) in [4.78, 5) is 13.8. The van der Waals surface area contributed by atoms with Crippen LogP contribution in [-0.2, 0) is 4.74 Å². The van der Waals surface area contributed by atoms with E-state index in [4.69, 9.17) is 4.74 Å². The van der Waals surface area contributed by atoms with Crippen molar-refractivity contribution in [1.82, 2.24) is 20.4 Å². The monoisotopic (exact) mass is 279 g/mol. The van der Waals surface area contributed by atoms with Crippen molar-refractivity contribution in [1.29, 1.82) is 0 Å². The molecular formula is C13H21N5O2. The average Bonchev–Trinajstić information content (AvgIpc) is 2.46. The first-order valence-corrected chi connectivity index (χ1v) is 6.85. The van der Waals surface area contributed by atoms with E-state index in [0.717, 1.165) is 19.7 Å². The van der Waals surface area contributed by atoms with Crippen molar-refractivity contribution in [3.05, 3.63) is 17.8 Å². The molecule has 1 amide bonds. The van der Waals surface area contributed by atoms with Gasteiger partial charge in [0.2, 0.25) is 0 Å². The van der Waals surface area contributed by atoms with Gasteiger partial charge < -0.3 is 20.3 Å². The second-order valence-corrected chi connectivity index (χ2v) is 4.80. The number of hydrogen-bond donors (Lipinski definition) is 2. The van der Waals surface area contributed by atoms with E-state index in [1.165, 1.54) is 0 Å². The maximum absolute atomic E-state index is 11.5. The van der Waals surface area contributed by atoms with Crippen LogP contribution in [0.15, 0.2) is 12.1 Å². The molecule has 1 aromatic heterocycles. The van der Waals surface area contributed by atoms with E-state index >= 15 is 0 Å². The zero-order chi connectivity index (χ0) is 14.4. The molecule has 1 unspecified atom stereocenters. The number of nitrogens with one attached hydrogen (secondary N) is 2. The Kier molecular flexibility index (Phi) is 5.25. The van der Waals surface area contributed by atoms with Crippen LogP contribution in [0.2, 0.25) is 0 Å². The van der Waals surface area contributed by atoms with Crippen LogP contribution < -0.4 is 10.6 Å². The highest BCUT2D eigenvalue weighted by Crippen LogP contribution is 2.06. The molecule has 7 nitrogen and oxygen atoms in total. The number of rotatable bonds is 5. The third-order valence-electron chi connectivity index (χ3n) is 3.09. The lowest BCUT2D eigenvalue weighted by atomic mass is 10.3. The molecule has 1 saturated heterocycles.